The second-order valence-corrected chi connectivity index (χ2v) is 4.64. The fraction of sp³-hybridized carbons (Fsp3) is 0.455. The van der Waals surface area contributed by atoms with E-state index in [2.05, 4.69) is 18.2 Å². The monoisotopic (exact) mass is 192 g/mol. The number of rotatable bonds is 0. The maximum atomic E-state index is 5.87. The lowest BCUT2D eigenvalue weighted by Crippen LogP contribution is -2.14. The lowest BCUT2D eigenvalue weighted by atomic mass is 9.97. The van der Waals surface area contributed by atoms with E-state index in [9.17, 15) is 0 Å². The largest absolute Gasteiger partial charge is 0.485 e. The Hall–Kier alpha value is -0.630. The van der Waals surface area contributed by atoms with Crippen LogP contribution in [-0.4, -0.2) is 17.6 Å². The second-order valence-electron chi connectivity index (χ2n) is 3.57. The molecule has 0 aromatic heterocycles. The third-order valence-electron chi connectivity index (χ3n) is 2.73. The molecular formula is C11H12OS. The molecule has 2 aliphatic heterocycles. The van der Waals surface area contributed by atoms with E-state index in [4.69, 9.17) is 4.74 Å². The van der Waals surface area contributed by atoms with Crippen molar-refractivity contribution in [2.24, 2.45) is 0 Å². The van der Waals surface area contributed by atoms with E-state index in [1.165, 1.54) is 17.6 Å². The first kappa shape index (κ1) is 7.74. The summed E-state index contributed by atoms with van der Waals surface area (Å²) in [6, 6.07) is 0. The highest BCUT2D eigenvalue weighted by molar-refractivity contribution is 7.99. The fourth-order valence-corrected chi connectivity index (χ4v) is 3.00. The number of thioether (sulfide) groups is 1. The van der Waals surface area contributed by atoms with Gasteiger partial charge in [0.1, 0.15) is 11.9 Å². The van der Waals surface area contributed by atoms with Crippen molar-refractivity contribution in [1.82, 2.24) is 0 Å². The van der Waals surface area contributed by atoms with Crippen LogP contribution in [0.15, 0.2) is 35.1 Å². The summed E-state index contributed by atoms with van der Waals surface area (Å²) in [5.74, 6) is 3.42. The van der Waals surface area contributed by atoms with Crippen molar-refractivity contribution in [3.8, 4) is 0 Å². The quantitative estimate of drug-likeness (QED) is 0.583. The van der Waals surface area contributed by atoms with Crippen molar-refractivity contribution in [2.75, 3.05) is 11.5 Å². The third kappa shape index (κ3) is 1.16. The summed E-state index contributed by atoms with van der Waals surface area (Å²) in [7, 11) is 0. The van der Waals surface area contributed by atoms with Gasteiger partial charge in [-0.2, -0.15) is 11.8 Å². The third-order valence-corrected chi connectivity index (χ3v) is 3.67. The highest BCUT2D eigenvalue weighted by atomic mass is 32.2. The van der Waals surface area contributed by atoms with Crippen LogP contribution in [0.3, 0.4) is 0 Å². The van der Waals surface area contributed by atoms with Crippen molar-refractivity contribution >= 4 is 11.8 Å². The van der Waals surface area contributed by atoms with E-state index in [1.807, 2.05) is 11.8 Å². The Labute approximate surface area is 82.5 Å². The maximum absolute atomic E-state index is 5.87. The highest BCUT2D eigenvalue weighted by Crippen LogP contribution is 2.40. The molecule has 1 unspecified atom stereocenters. The van der Waals surface area contributed by atoms with Gasteiger partial charge < -0.3 is 4.74 Å². The lowest BCUT2D eigenvalue weighted by Gasteiger charge is -2.14. The molecule has 2 heterocycles. The SMILES string of the molecule is C1=C2OC3CSCC=C3C2=CCC1. The number of fused-ring (bicyclic) bond motifs is 3. The van der Waals surface area contributed by atoms with Gasteiger partial charge in [0.2, 0.25) is 0 Å². The Morgan fingerprint density at radius 3 is 3.15 bits per heavy atom. The molecule has 2 heteroatoms. The Kier molecular flexibility index (Phi) is 1.76. The molecule has 0 radical (unpaired) electrons. The molecule has 1 fully saturated rings. The molecule has 13 heavy (non-hydrogen) atoms. The lowest BCUT2D eigenvalue weighted by molar-refractivity contribution is 0.200. The van der Waals surface area contributed by atoms with Crippen molar-refractivity contribution < 1.29 is 4.74 Å². The highest BCUT2D eigenvalue weighted by Gasteiger charge is 2.33. The summed E-state index contributed by atoms with van der Waals surface area (Å²) in [6.07, 6.45) is 9.58. The van der Waals surface area contributed by atoms with E-state index in [1.54, 1.807) is 0 Å². The van der Waals surface area contributed by atoms with Crippen LogP contribution in [0.5, 0.6) is 0 Å². The van der Waals surface area contributed by atoms with Crippen LogP contribution in [0.2, 0.25) is 0 Å². The molecule has 68 valence electrons. The van der Waals surface area contributed by atoms with Crippen LogP contribution in [0.1, 0.15) is 12.8 Å². The van der Waals surface area contributed by atoms with Crippen molar-refractivity contribution in [3.63, 3.8) is 0 Å². The summed E-state index contributed by atoms with van der Waals surface area (Å²) in [6.45, 7) is 0. The summed E-state index contributed by atoms with van der Waals surface area (Å²) >= 11 is 1.96. The van der Waals surface area contributed by atoms with Crippen molar-refractivity contribution in [2.45, 2.75) is 18.9 Å². The van der Waals surface area contributed by atoms with E-state index >= 15 is 0 Å². The average Bonchev–Trinajstić information content (AvgIpc) is 2.56. The van der Waals surface area contributed by atoms with Gasteiger partial charge >= 0.3 is 0 Å². The predicted molar refractivity (Wildman–Crippen MR) is 55.7 cm³/mol. The van der Waals surface area contributed by atoms with Crippen LogP contribution in [0, 0.1) is 0 Å². The van der Waals surface area contributed by atoms with Gasteiger partial charge in [-0.25, -0.2) is 0 Å². The number of hydrogen-bond donors (Lipinski definition) is 0. The molecule has 0 bridgehead atoms. The van der Waals surface area contributed by atoms with Crippen LogP contribution in [0.4, 0.5) is 0 Å². The zero-order valence-electron chi connectivity index (χ0n) is 7.45. The number of allylic oxidation sites excluding steroid dienone is 3. The summed E-state index contributed by atoms with van der Waals surface area (Å²) in [5, 5.41) is 0. The summed E-state index contributed by atoms with van der Waals surface area (Å²) in [4.78, 5) is 0. The minimum absolute atomic E-state index is 0.356. The minimum Gasteiger partial charge on any atom is -0.485 e. The van der Waals surface area contributed by atoms with E-state index in [0.29, 0.717) is 6.10 Å². The molecule has 0 aromatic carbocycles. The van der Waals surface area contributed by atoms with Crippen LogP contribution >= 0.6 is 11.8 Å². The van der Waals surface area contributed by atoms with Gasteiger partial charge in [-0.1, -0.05) is 12.2 Å². The summed E-state index contributed by atoms with van der Waals surface area (Å²) in [5.41, 5.74) is 2.83. The number of hydrogen-bond acceptors (Lipinski definition) is 2. The molecule has 3 rings (SSSR count). The smallest absolute Gasteiger partial charge is 0.133 e. The van der Waals surface area contributed by atoms with Gasteiger partial charge in [-0.3, -0.25) is 0 Å². The molecule has 3 aliphatic rings. The van der Waals surface area contributed by atoms with Gasteiger partial charge in [0, 0.05) is 22.7 Å². The molecule has 0 saturated carbocycles. The molecular weight excluding hydrogens is 180 g/mol. The average molecular weight is 192 g/mol. The first-order valence-electron chi connectivity index (χ1n) is 4.80. The standard InChI is InChI=1S/C11H12OS/c1-2-4-10-8(3-1)9-5-6-13-7-11(9)12-10/h3-5,11H,1-2,6-7H2. The molecule has 0 N–H and O–H groups in total. The molecule has 0 amide bonds. The van der Waals surface area contributed by atoms with Crippen molar-refractivity contribution in [3.05, 3.63) is 35.1 Å². The van der Waals surface area contributed by atoms with Gasteiger partial charge in [0.15, 0.2) is 0 Å². The second kappa shape index (κ2) is 2.95. The molecule has 1 atom stereocenters. The Balaban J connectivity index is 2.04. The molecule has 1 aliphatic carbocycles. The van der Waals surface area contributed by atoms with E-state index in [-0.39, 0.29) is 0 Å². The van der Waals surface area contributed by atoms with Gasteiger partial charge in [-0.05, 0) is 18.9 Å². The topological polar surface area (TPSA) is 9.23 Å². The zero-order valence-corrected chi connectivity index (χ0v) is 8.27. The molecule has 0 spiro atoms. The molecule has 0 aromatic rings. The van der Waals surface area contributed by atoms with E-state index < -0.39 is 0 Å². The number of ether oxygens (including phenoxy) is 1. The molecule has 1 saturated heterocycles. The fourth-order valence-electron chi connectivity index (χ4n) is 2.10. The normalized spacial score (nSPS) is 30.8. The maximum Gasteiger partial charge on any atom is 0.133 e. The van der Waals surface area contributed by atoms with Crippen molar-refractivity contribution in [1.29, 1.82) is 0 Å². The van der Waals surface area contributed by atoms with Gasteiger partial charge in [-0.15, -0.1) is 0 Å². The van der Waals surface area contributed by atoms with Crippen LogP contribution in [0.25, 0.3) is 0 Å². The first-order valence-corrected chi connectivity index (χ1v) is 5.96. The Morgan fingerprint density at radius 2 is 2.15 bits per heavy atom. The molecule has 1 nitrogen and oxygen atoms in total. The van der Waals surface area contributed by atoms with Crippen LogP contribution < -0.4 is 0 Å². The summed E-state index contributed by atoms with van der Waals surface area (Å²) < 4.78 is 5.87. The first-order chi connectivity index (χ1) is 6.45. The predicted octanol–water partition coefficient (Wildman–Crippen LogP) is 2.66. The van der Waals surface area contributed by atoms with Gasteiger partial charge in [0.25, 0.3) is 0 Å². The van der Waals surface area contributed by atoms with Crippen LogP contribution in [-0.2, 0) is 4.74 Å². The van der Waals surface area contributed by atoms with Gasteiger partial charge in [0.05, 0.1) is 0 Å². The zero-order chi connectivity index (χ0) is 8.67. The minimum atomic E-state index is 0.356. The van der Waals surface area contributed by atoms with E-state index in [0.717, 1.165) is 23.7 Å². The Bertz CT molecular complexity index is 325. The Morgan fingerprint density at radius 1 is 1.23 bits per heavy atom.